The molecule has 0 saturated heterocycles. The summed E-state index contributed by atoms with van der Waals surface area (Å²) in [5.74, 6) is -0.858. The maximum absolute atomic E-state index is 12.9. The van der Waals surface area contributed by atoms with Gasteiger partial charge in [-0.25, -0.2) is 0 Å². The number of ether oxygens (including phenoxy) is 3. The molecule has 1 unspecified atom stereocenters. The second-order valence-corrected chi connectivity index (χ2v) is 24.5. The Morgan fingerprint density at radius 3 is 0.683 bits per heavy atom. The molecule has 0 aromatic carbocycles. The van der Waals surface area contributed by atoms with Gasteiger partial charge in [0.25, 0.3) is 0 Å². The number of rotatable bonds is 67. The highest BCUT2D eigenvalue weighted by molar-refractivity contribution is 5.71. The highest BCUT2D eigenvalue weighted by atomic mass is 16.6. The number of esters is 3. The van der Waals surface area contributed by atoms with Gasteiger partial charge in [0.1, 0.15) is 13.2 Å². The number of carbonyl (C=O) groups is 3. The van der Waals surface area contributed by atoms with Gasteiger partial charge in [-0.1, -0.05) is 338 Å². The van der Waals surface area contributed by atoms with Crippen LogP contribution in [-0.2, 0) is 28.6 Å². The van der Waals surface area contributed by atoms with Crippen molar-refractivity contribution in [1.29, 1.82) is 0 Å². The molecule has 0 aromatic heterocycles. The summed E-state index contributed by atoms with van der Waals surface area (Å²) in [5, 5.41) is 0. The molecule has 0 rings (SSSR count). The monoisotopic (exact) mass is 1150 g/mol. The Bertz CT molecular complexity index is 1460. The predicted molar refractivity (Wildman–Crippen MR) is 358 cm³/mol. The van der Waals surface area contributed by atoms with Crippen LogP contribution in [0.5, 0.6) is 0 Å². The van der Waals surface area contributed by atoms with E-state index in [-0.39, 0.29) is 31.1 Å². The summed E-state index contributed by atoms with van der Waals surface area (Å²) in [4.78, 5) is 38.3. The Morgan fingerprint density at radius 2 is 0.439 bits per heavy atom. The zero-order chi connectivity index (χ0) is 59.2. The van der Waals surface area contributed by atoms with Gasteiger partial charge in [-0.15, -0.1) is 0 Å². The van der Waals surface area contributed by atoms with Gasteiger partial charge in [-0.05, 0) is 89.9 Å². The molecule has 0 N–H and O–H groups in total. The van der Waals surface area contributed by atoms with Gasteiger partial charge in [0.15, 0.2) is 6.10 Å². The summed E-state index contributed by atoms with van der Waals surface area (Å²) in [6.07, 6.45) is 91.2. The number of carbonyl (C=O) groups excluding carboxylic acids is 3. The van der Waals surface area contributed by atoms with Gasteiger partial charge in [-0.2, -0.15) is 0 Å². The van der Waals surface area contributed by atoms with Crippen molar-refractivity contribution >= 4 is 17.9 Å². The lowest BCUT2D eigenvalue weighted by Crippen LogP contribution is -2.30. The maximum atomic E-state index is 12.9. The minimum Gasteiger partial charge on any atom is -0.462 e. The van der Waals surface area contributed by atoms with Crippen LogP contribution >= 0.6 is 0 Å². The highest BCUT2D eigenvalue weighted by Gasteiger charge is 2.19. The molecular formula is C76H138O6. The molecule has 0 bridgehead atoms. The molecule has 82 heavy (non-hydrogen) atoms. The van der Waals surface area contributed by atoms with E-state index in [9.17, 15) is 14.4 Å². The summed E-state index contributed by atoms with van der Waals surface area (Å²) in [6.45, 7) is 6.66. The van der Waals surface area contributed by atoms with E-state index in [4.69, 9.17) is 14.2 Å². The standard InChI is InChI=1S/C76H138O6/c1-4-7-10-13-16-19-22-24-26-28-30-32-34-35-36-37-38-39-40-41-43-44-46-48-50-52-54-57-60-63-66-69-75(78)81-72-73(71-80-74(77)68-65-62-59-56-21-18-15-12-9-6-3)82-76(79)70-67-64-61-58-55-53-51-49-47-45-42-33-31-29-27-25-23-20-17-14-11-8-5-2/h22-25,28-31,42,45,73H,4-21,26-27,32-41,43-44,46-72H2,1-3H3/b24-22-,25-23-,30-28-,31-29-,45-42-. The van der Waals surface area contributed by atoms with Crippen LogP contribution < -0.4 is 0 Å². The summed E-state index contributed by atoms with van der Waals surface area (Å²) in [7, 11) is 0. The van der Waals surface area contributed by atoms with Gasteiger partial charge in [0, 0.05) is 19.3 Å². The molecule has 1 atom stereocenters. The van der Waals surface area contributed by atoms with Crippen molar-refractivity contribution in [3.8, 4) is 0 Å². The van der Waals surface area contributed by atoms with Crippen LogP contribution in [0.2, 0.25) is 0 Å². The molecule has 0 saturated carbocycles. The average Bonchev–Trinajstić information content (AvgIpc) is 3.47. The Morgan fingerprint density at radius 1 is 0.244 bits per heavy atom. The lowest BCUT2D eigenvalue weighted by Gasteiger charge is -2.18. The average molecular weight is 1150 g/mol. The van der Waals surface area contributed by atoms with Gasteiger partial charge in [0.2, 0.25) is 0 Å². The van der Waals surface area contributed by atoms with Crippen molar-refractivity contribution in [2.45, 2.75) is 393 Å². The smallest absolute Gasteiger partial charge is 0.306 e. The van der Waals surface area contributed by atoms with Crippen molar-refractivity contribution in [2.24, 2.45) is 0 Å². The lowest BCUT2D eigenvalue weighted by atomic mass is 10.0. The molecule has 0 radical (unpaired) electrons. The zero-order valence-corrected chi connectivity index (χ0v) is 55.0. The largest absolute Gasteiger partial charge is 0.462 e. The Balaban J connectivity index is 4.13. The first-order chi connectivity index (χ1) is 40.5. The van der Waals surface area contributed by atoms with E-state index < -0.39 is 6.10 Å². The molecule has 0 aliphatic heterocycles. The van der Waals surface area contributed by atoms with E-state index in [1.165, 1.54) is 263 Å². The molecule has 6 heteroatoms. The van der Waals surface area contributed by atoms with Crippen LogP contribution in [0.25, 0.3) is 0 Å². The third kappa shape index (κ3) is 67.9. The first kappa shape index (κ1) is 79.1. The molecule has 6 nitrogen and oxygen atoms in total. The molecule has 0 aliphatic rings. The van der Waals surface area contributed by atoms with E-state index in [2.05, 4.69) is 81.5 Å². The normalized spacial score (nSPS) is 12.4. The summed E-state index contributed by atoms with van der Waals surface area (Å²) >= 11 is 0. The van der Waals surface area contributed by atoms with Crippen molar-refractivity contribution in [3.05, 3.63) is 60.8 Å². The minimum absolute atomic E-state index is 0.0724. The van der Waals surface area contributed by atoms with Crippen LogP contribution in [0.3, 0.4) is 0 Å². The third-order valence-corrected chi connectivity index (χ3v) is 16.2. The summed E-state index contributed by atoms with van der Waals surface area (Å²) in [5.41, 5.74) is 0. The number of allylic oxidation sites excluding steroid dienone is 10. The van der Waals surface area contributed by atoms with Gasteiger partial charge in [-0.3, -0.25) is 14.4 Å². The molecule has 478 valence electrons. The molecule has 0 spiro atoms. The highest BCUT2D eigenvalue weighted by Crippen LogP contribution is 2.18. The Hall–Kier alpha value is -2.89. The topological polar surface area (TPSA) is 78.9 Å². The van der Waals surface area contributed by atoms with Crippen LogP contribution in [0.1, 0.15) is 387 Å². The predicted octanol–water partition coefficient (Wildman–Crippen LogP) is 25.1. The number of unbranched alkanes of at least 4 members (excludes halogenated alkanes) is 46. The fraction of sp³-hybridized carbons (Fsp3) is 0.829. The van der Waals surface area contributed by atoms with Crippen LogP contribution in [0.4, 0.5) is 0 Å². The summed E-state index contributed by atoms with van der Waals surface area (Å²) in [6, 6.07) is 0. The van der Waals surface area contributed by atoms with Crippen LogP contribution in [-0.4, -0.2) is 37.2 Å². The second kappa shape index (κ2) is 70.6. The SMILES string of the molecule is CCCCCCC/C=C\C/C=C\C/C=C\CCCCCCCCCCC(=O)OC(COC(=O)CCCCCCCCCCCC)COC(=O)CCCCCCCCCCCCCCCCCCCCC/C=C\C/C=C\CCCCCCC. The van der Waals surface area contributed by atoms with E-state index >= 15 is 0 Å². The van der Waals surface area contributed by atoms with Crippen molar-refractivity contribution in [3.63, 3.8) is 0 Å². The first-order valence-electron chi connectivity index (χ1n) is 36.3. The van der Waals surface area contributed by atoms with Crippen molar-refractivity contribution in [2.75, 3.05) is 13.2 Å². The number of hydrogen-bond acceptors (Lipinski definition) is 6. The second-order valence-electron chi connectivity index (χ2n) is 24.5. The maximum Gasteiger partial charge on any atom is 0.306 e. The third-order valence-electron chi connectivity index (χ3n) is 16.2. The molecular weight excluding hydrogens is 1010 g/mol. The van der Waals surface area contributed by atoms with E-state index in [0.717, 1.165) is 83.5 Å². The fourth-order valence-electron chi connectivity index (χ4n) is 10.8. The first-order valence-corrected chi connectivity index (χ1v) is 36.3. The molecule has 0 fully saturated rings. The van der Waals surface area contributed by atoms with E-state index in [1.54, 1.807) is 0 Å². The van der Waals surface area contributed by atoms with E-state index in [1.807, 2.05) is 0 Å². The van der Waals surface area contributed by atoms with Gasteiger partial charge in [0.05, 0.1) is 0 Å². The quantitative estimate of drug-likeness (QED) is 0.0261. The lowest BCUT2D eigenvalue weighted by molar-refractivity contribution is -0.167. The van der Waals surface area contributed by atoms with Gasteiger partial charge < -0.3 is 14.2 Å². The molecule has 0 aromatic rings. The molecule has 0 amide bonds. The molecule has 0 heterocycles. The van der Waals surface area contributed by atoms with Gasteiger partial charge >= 0.3 is 17.9 Å². The van der Waals surface area contributed by atoms with Crippen LogP contribution in [0.15, 0.2) is 60.8 Å². The fourth-order valence-corrected chi connectivity index (χ4v) is 10.8. The summed E-state index contributed by atoms with van der Waals surface area (Å²) < 4.78 is 17.0. The van der Waals surface area contributed by atoms with Crippen LogP contribution in [0, 0.1) is 0 Å². The molecule has 0 aliphatic carbocycles. The number of hydrogen-bond donors (Lipinski definition) is 0. The van der Waals surface area contributed by atoms with Crippen molar-refractivity contribution < 1.29 is 28.6 Å². The Kier molecular flexibility index (Phi) is 68.1. The van der Waals surface area contributed by atoms with Crippen molar-refractivity contribution in [1.82, 2.24) is 0 Å². The van der Waals surface area contributed by atoms with E-state index in [0.29, 0.717) is 19.3 Å². The Labute approximate surface area is 510 Å². The zero-order valence-electron chi connectivity index (χ0n) is 55.0. The minimum atomic E-state index is -0.776.